The fourth-order valence-corrected chi connectivity index (χ4v) is 2.12. The van der Waals surface area contributed by atoms with Gasteiger partial charge in [0.2, 0.25) is 0 Å². The molecule has 1 fully saturated rings. The topological polar surface area (TPSA) is 61.0 Å². The van der Waals surface area contributed by atoms with Crippen LogP contribution in [0.1, 0.15) is 24.5 Å². The van der Waals surface area contributed by atoms with Crippen molar-refractivity contribution in [2.45, 2.75) is 18.8 Å². The quantitative estimate of drug-likeness (QED) is 0.630. The first-order valence-corrected chi connectivity index (χ1v) is 6.03. The zero-order valence-electron chi connectivity index (χ0n) is 9.41. The Hall–Kier alpha value is -1.88. The molecule has 0 spiro atoms. The molecular weight excluding hydrogens is 254 g/mol. The highest BCUT2D eigenvalue weighted by atomic mass is 35.5. The van der Waals surface area contributed by atoms with Crippen molar-refractivity contribution in [2.24, 2.45) is 0 Å². The highest BCUT2D eigenvalue weighted by Gasteiger charge is 2.27. The summed E-state index contributed by atoms with van der Waals surface area (Å²) in [5.74, 6) is 0.502. The van der Waals surface area contributed by atoms with E-state index in [0.29, 0.717) is 16.8 Å². The fraction of sp³-hybridized carbons (Fsp3) is 0.250. The van der Waals surface area contributed by atoms with Crippen LogP contribution in [0.25, 0.3) is 5.69 Å². The van der Waals surface area contributed by atoms with Crippen LogP contribution < -0.4 is 0 Å². The number of halogens is 1. The van der Waals surface area contributed by atoms with Crippen molar-refractivity contribution in [2.75, 3.05) is 0 Å². The lowest BCUT2D eigenvalue weighted by atomic mass is 10.3. The third kappa shape index (κ3) is 1.97. The van der Waals surface area contributed by atoms with Crippen molar-refractivity contribution < 1.29 is 4.92 Å². The van der Waals surface area contributed by atoms with E-state index in [2.05, 4.69) is 5.10 Å². The molecule has 1 aliphatic carbocycles. The second kappa shape index (κ2) is 4.10. The highest BCUT2D eigenvalue weighted by Crippen LogP contribution is 2.40. The molecule has 1 aromatic heterocycles. The SMILES string of the molecule is O=[N+]([O-])c1cccc(-n2nc(C3CC3)cc2Cl)c1. The van der Waals surface area contributed by atoms with Gasteiger partial charge in [0.1, 0.15) is 5.15 Å². The number of hydrogen-bond acceptors (Lipinski definition) is 3. The van der Waals surface area contributed by atoms with Crippen molar-refractivity contribution >= 4 is 17.3 Å². The van der Waals surface area contributed by atoms with E-state index in [-0.39, 0.29) is 5.69 Å². The number of aromatic nitrogens is 2. The largest absolute Gasteiger partial charge is 0.271 e. The minimum atomic E-state index is -0.428. The molecule has 0 saturated heterocycles. The van der Waals surface area contributed by atoms with E-state index in [1.165, 1.54) is 12.1 Å². The fourth-order valence-electron chi connectivity index (χ4n) is 1.87. The monoisotopic (exact) mass is 263 g/mol. The first kappa shape index (κ1) is 11.2. The summed E-state index contributed by atoms with van der Waals surface area (Å²) in [7, 11) is 0. The maximum absolute atomic E-state index is 10.7. The van der Waals surface area contributed by atoms with Crippen LogP contribution in [-0.2, 0) is 0 Å². The molecule has 2 aromatic rings. The Labute approximate surface area is 108 Å². The van der Waals surface area contributed by atoms with Crippen LogP contribution in [0.3, 0.4) is 0 Å². The number of hydrogen-bond donors (Lipinski definition) is 0. The van der Waals surface area contributed by atoms with Crippen molar-refractivity contribution in [1.82, 2.24) is 9.78 Å². The number of non-ortho nitro benzene ring substituents is 1. The molecule has 92 valence electrons. The molecule has 0 unspecified atom stereocenters. The van der Waals surface area contributed by atoms with Crippen LogP contribution in [-0.4, -0.2) is 14.7 Å². The lowest BCUT2D eigenvalue weighted by molar-refractivity contribution is -0.384. The van der Waals surface area contributed by atoms with Crippen LogP contribution in [0.4, 0.5) is 5.69 Å². The van der Waals surface area contributed by atoms with Gasteiger partial charge in [-0.25, -0.2) is 4.68 Å². The van der Waals surface area contributed by atoms with Gasteiger partial charge in [0.25, 0.3) is 5.69 Å². The molecule has 1 heterocycles. The van der Waals surface area contributed by atoms with Gasteiger partial charge in [-0.2, -0.15) is 5.10 Å². The molecule has 0 aliphatic heterocycles. The molecule has 5 nitrogen and oxygen atoms in total. The number of benzene rings is 1. The Kier molecular flexibility index (Phi) is 2.56. The van der Waals surface area contributed by atoms with Crippen molar-refractivity contribution in [3.8, 4) is 5.69 Å². The van der Waals surface area contributed by atoms with E-state index in [4.69, 9.17) is 11.6 Å². The van der Waals surface area contributed by atoms with Gasteiger partial charge in [0.05, 0.1) is 16.3 Å². The van der Waals surface area contributed by atoms with Gasteiger partial charge in [-0.05, 0) is 25.0 Å². The molecule has 1 aliphatic rings. The number of rotatable bonds is 3. The first-order chi connectivity index (χ1) is 8.65. The lowest BCUT2D eigenvalue weighted by Crippen LogP contribution is -1.98. The Morgan fingerprint density at radius 1 is 1.39 bits per heavy atom. The van der Waals surface area contributed by atoms with E-state index >= 15 is 0 Å². The van der Waals surface area contributed by atoms with E-state index in [9.17, 15) is 10.1 Å². The normalized spacial score (nSPS) is 14.7. The molecular formula is C12H10ClN3O2. The van der Waals surface area contributed by atoms with Gasteiger partial charge in [-0.3, -0.25) is 10.1 Å². The maximum Gasteiger partial charge on any atom is 0.271 e. The van der Waals surface area contributed by atoms with Crippen molar-refractivity contribution in [3.63, 3.8) is 0 Å². The summed E-state index contributed by atoms with van der Waals surface area (Å²) in [5, 5.41) is 15.6. The Balaban J connectivity index is 2.03. The number of nitrogens with zero attached hydrogens (tertiary/aromatic N) is 3. The van der Waals surface area contributed by atoms with E-state index in [0.717, 1.165) is 18.5 Å². The highest BCUT2D eigenvalue weighted by molar-refractivity contribution is 6.29. The summed E-state index contributed by atoms with van der Waals surface area (Å²) < 4.78 is 1.54. The number of nitro groups is 1. The second-order valence-corrected chi connectivity index (χ2v) is 4.74. The molecule has 18 heavy (non-hydrogen) atoms. The molecule has 1 saturated carbocycles. The van der Waals surface area contributed by atoms with Gasteiger partial charge < -0.3 is 0 Å². The van der Waals surface area contributed by atoms with Gasteiger partial charge in [-0.1, -0.05) is 17.7 Å². The van der Waals surface area contributed by atoms with E-state index < -0.39 is 4.92 Å². The van der Waals surface area contributed by atoms with Crippen LogP contribution in [0.2, 0.25) is 5.15 Å². The zero-order chi connectivity index (χ0) is 12.7. The predicted molar refractivity (Wildman–Crippen MR) is 67.2 cm³/mol. The molecule has 0 atom stereocenters. The second-order valence-electron chi connectivity index (χ2n) is 4.35. The third-order valence-electron chi connectivity index (χ3n) is 2.97. The third-order valence-corrected chi connectivity index (χ3v) is 3.23. The molecule has 1 aromatic carbocycles. The maximum atomic E-state index is 10.7. The standard InChI is InChI=1S/C12H10ClN3O2/c13-12-7-11(8-4-5-8)14-15(12)9-2-1-3-10(6-9)16(17)18/h1-3,6-8H,4-5H2. The molecule has 0 bridgehead atoms. The van der Waals surface area contributed by atoms with Crippen LogP contribution in [0.5, 0.6) is 0 Å². The molecule has 0 radical (unpaired) electrons. The summed E-state index contributed by atoms with van der Waals surface area (Å²) in [6, 6.07) is 8.13. The summed E-state index contributed by atoms with van der Waals surface area (Å²) in [6.07, 6.45) is 2.28. The summed E-state index contributed by atoms with van der Waals surface area (Å²) in [4.78, 5) is 10.3. The smallest absolute Gasteiger partial charge is 0.258 e. The molecule has 0 N–H and O–H groups in total. The van der Waals surface area contributed by atoms with Gasteiger partial charge in [0.15, 0.2) is 0 Å². The van der Waals surface area contributed by atoms with Gasteiger partial charge in [-0.15, -0.1) is 0 Å². The zero-order valence-corrected chi connectivity index (χ0v) is 10.2. The van der Waals surface area contributed by atoms with E-state index in [1.807, 2.05) is 6.07 Å². The first-order valence-electron chi connectivity index (χ1n) is 5.65. The number of nitro benzene ring substituents is 1. The Morgan fingerprint density at radius 2 is 2.17 bits per heavy atom. The van der Waals surface area contributed by atoms with E-state index in [1.54, 1.807) is 16.8 Å². The van der Waals surface area contributed by atoms with Crippen molar-refractivity contribution in [3.05, 3.63) is 51.3 Å². The summed E-state index contributed by atoms with van der Waals surface area (Å²) in [6.45, 7) is 0. The average molecular weight is 264 g/mol. The Bertz CT molecular complexity index is 620. The lowest BCUT2D eigenvalue weighted by Gasteiger charge is -2.02. The van der Waals surface area contributed by atoms with Crippen LogP contribution >= 0.6 is 11.6 Å². The molecule has 0 amide bonds. The minimum absolute atomic E-state index is 0.0343. The van der Waals surface area contributed by atoms with Crippen LogP contribution in [0.15, 0.2) is 30.3 Å². The Morgan fingerprint density at radius 3 is 2.83 bits per heavy atom. The minimum Gasteiger partial charge on any atom is -0.258 e. The van der Waals surface area contributed by atoms with Gasteiger partial charge in [0, 0.05) is 18.1 Å². The predicted octanol–water partition coefficient (Wildman–Crippen LogP) is 3.31. The van der Waals surface area contributed by atoms with Crippen molar-refractivity contribution in [1.29, 1.82) is 0 Å². The van der Waals surface area contributed by atoms with Crippen LogP contribution in [0, 0.1) is 10.1 Å². The average Bonchev–Trinajstić information content (AvgIpc) is 3.13. The molecule has 3 rings (SSSR count). The summed E-state index contributed by atoms with van der Waals surface area (Å²) in [5.41, 5.74) is 1.61. The molecule has 6 heteroatoms. The summed E-state index contributed by atoms with van der Waals surface area (Å²) >= 11 is 6.11. The van der Waals surface area contributed by atoms with Gasteiger partial charge >= 0.3 is 0 Å².